The van der Waals surface area contributed by atoms with Gasteiger partial charge in [-0.25, -0.2) is 0 Å². The van der Waals surface area contributed by atoms with E-state index in [4.69, 9.17) is 0 Å². The molecule has 1 unspecified atom stereocenters. The van der Waals surface area contributed by atoms with Crippen molar-refractivity contribution in [2.24, 2.45) is 0 Å². The Balaban J connectivity index is 2.89. The summed E-state index contributed by atoms with van der Waals surface area (Å²) < 4.78 is 0. The van der Waals surface area contributed by atoms with E-state index >= 15 is 0 Å². The van der Waals surface area contributed by atoms with Crippen molar-refractivity contribution in [2.45, 2.75) is 50.3 Å². The van der Waals surface area contributed by atoms with Crippen LogP contribution in [0.25, 0.3) is 0 Å². The molecule has 0 nitrogen and oxygen atoms in total. The predicted molar refractivity (Wildman–Crippen MR) is 59.9 cm³/mol. The van der Waals surface area contributed by atoms with Gasteiger partial charge >= 0.3 is 0 Å². The van der Waals surface area contributed by atoms with Crippen LogP contribution < -0.4 is 0 Å². The maximum absolute atomic E-state index is 3.60. The molecule has 0 spiro atoms. The van der Waals surface area contributed by atoms with Gasteiger partial charge < -0.3 is 0 Å². The van der Waals surface area contributed by atoms with Gasteiger partial charge in [-0.15, -0.1) is 0 Å². The van der Waals surface area contributed by atoms with Crippen molar-refractivity contribution in [3.63, 3.8) is 0 Å². The molecule has 2 heteroatoms. The fourth-order valence-corrected chi connectivity index (χ4v) is 1.69. The second kappa shape index (κ2) is 9.05. The summed E-state index contributed by atoms with van der Waals surface area (Å²) in [6, 6.07) is 0. The molecule has 0 saturated heterocycles. The maximum Gasteiger partial charge on any atom is 0.0242 e. The van der Waals surface area contributed by atoms with Crippen molar-refractivity contribution >= 4 is 31.9 Å². The fourth-order valence-electron chi connectivity index (χ4n) is 1.05. The Morgan fingerprint density at radius 2 is 1.73 bits per heavy atom. The standard InChI is InChI=1S/C9H18Br2/c1-2-3-4-5-6-7-9(11)8-10/h9H,2-8H2,1H3. The van der Waals surface area contributed by atoms with E-state index in [0.717, 1.165) is 5.33 Å². The van der Waals surface area contributed by atoms with Crippen LogP contribution in [0.3, 0.4) is 0 Å². The maximum atomic E-state index is 3.60. The minimum atomic E-state index is 0.684. The van der Waals surface area contributed by atoms with Crippen molar-refractivity contribution in [3.8, 4) is 0 Å². The van der Waals surface area contributed by atoms with Crippen molar-refractivity contribution in [2.75, 3.05) is 5.33 Å². The van der Waals surface area contributed by atoms with E-state index in [-0.39, 0.29) is 0 Å². The van der Waals surface area contributed by atoms with E-state index in [1.54, 1.807) is 0 Å². The van der Waals surface area contributed by atoms with E-state index < -0.39 is 0 Å². The monoisotopic (exact) mass is 284 g/mol. The van der Waals surface area contributed by atoms with Crippen LogP contribution >= 0.6 is 31.9 Å². The van der Waals surface area contributed by atoms with Gasteiger partial charge in [0.1, 0.15) is 0 Å². The SMILES string of the molecule is CCCCCCCC(Br)CBr. The first-order valence-electron chi connectivity index (χ1n) is 4.51. The second-order valence-electron chi connectivity index (χ2n) is 2.95. The molecule has 0 aliphatic heterocycles. The topological polar surface area (TPSA) is 0 Å². The highest BCUT2D eigenvalue weighted by Crippen LogP contribution is 2.14. The lowest BCUT2D eigenvalue weighted by Crippen LogP contribution is -1.97. The lowest BCUT2D eigenvalue weighted by atomic mass is 10.1. The third kappa shape index (κ3) is 8.87. The van der Waals surface area contributed by atoms with E-state index in [2.05, 4.69) is 38.8 Å². The molecule has 0 aliphatic rings. The number of hydrogen-bond donors (Lipinski definition) is 0. The quantitative estimate of drug-likeness (QED) is 0.477. The molecule has 0 aromatic heterocycles. The second-order valence-corrected chi connectivity index (χ2v) is 4.90. The number of unbranched alkanes of at least 4 members (excludes halogenated alkanes) is 4. The van der Waals surface area contributed by atoms with Crippen LogP contribution in [0, 0.1) is 0 Å². The zero-order valence-corrected chi connectivity index (χ0v) is 10.5. The lowest BCUT2D eigenvalue weighted by molar-refractivity contribution is 0.610. The summed E-state index contributed by atoms with van der Waals surface area (Å²) in [5.41, 5.74) is 0. The molecule has 0 aliphatic carbocycles. The van der Waals surface area contributed by atoms with Crippen molar-refractivity contribution < 1.29 is 0 Å². The number of halogens is 2. The number of hydrogen-bond acceptors (Lipinski definition) is 0. The molecule has 0 aromatic carbocycles. The Labute approximate surface area is 87.4 Å². The molecule has 0 fully saturated rings. The molecule has 0 rings (SSSR count). The molecule has 0 N–H and O–H groups in total. The van der Waals surface area contributed by atoms with Crippen LogP contribution in [-0.4, -0.2) is 10.2 Å². The summed E-state index contributed by atoms with van der Waals surface area (Å²) in [4.78, 5) is 0.684. The van der Waals surface area contributed by atoms with Crippen LogP contribution in [0.5, 0.6) is 0 Å². The zero-order valence-electron chi connectivity index (χ0n) is 7.28. The van der Waals surface area contributed by atoms with Crippen molar-refractivity contribution in [1.82, 2.24) is 0 Å². The molecule has 0 bridgehead atoms. The van der Waals surface area contributed by atoms with Gasteiger partial charge in [-0.1, -0.05) is 70.9 Å². The summed E-state index contributed by atoms with van der Waals surface area (Å²) in [7, 11) is 0. The third-order valence-electron chi connectivity index (χ3n) is 1.79. The summed E-state index contributed by atoms with van der Waals surface area (Å²) in [6.45, 7) is 2.26. The lowest BCUT2D eigenvalue weighted by Gasteiger charge is -2.04. The normalized spacial score (nSPS) is 13.4. The highest BCUT2D eigenvalue weighted by atomic mass is 79.9. The first-order chi connectivity index (χ1) is 5.31. The Morgan fingerprint density at radius 3 is 2.27 bits per heavy atom. The van der Waals surface area contributed by atoms with Gasteiger partial charge in [0.15, 0.2) is 0 Å². The van der Waals surface area contributed by atoms with Gasteiger partial charge in [0.2, 0.25) is 0 Å². The highest BCUT2D eigenvalue weighted by Gasteiger charge is 1.99. The van der Waals surface area contributed by atoms with Gasteiger partial charge in [0.05, 0.1) is 0 Å². The Hall–Kier alpha value is 0.960. The Morgan fingerprint density at radius 1 is 1.09 bits per heavy atom. The number of alkyl halides is 2. The number of rotatable bonds is 7. The van der Waals surface area contributed by atoms with E-state index in [0.29, 0.717) is 4.83 Å². The molecule has 1 atom stereocenters. The van der Waals surface area contributed by atoms with Gasteiger partial charge in [-0.05, 0) is 6.42 Å². The molecule has 0 heterocycles. The molecule has 0 aromatic rings. The van der Waals surface area contributed by atoms with Gasteiger partial charge in [0.25, 0.3) is 0 Å². The highest BCUT2D eigenvalue weighted by molar-refractivity contribution is 9.12. The zero-order chi connectivity index (χ0) is 8.53. The average molecular weight is 286 g/mol. The van der Waals surface area contributed by atoms with Crippen LogP contribution in [0.1, 0.15) is 45.4 Å². The molecular weight excluding hydrogens is 268 g/mol. The third-order valence-corrected chi connectivity index (χ3v) is 4.22. The fraction of sp³-hybridized carbons (Fsp3) is 1.00. The molecule has 0 amide bonds. The van der Waals surface area contributed by atoms with E-state index in [1.807, 2.05) is 0 Å². The molecule has 11 heavy (non-hydrogen) atoms. The van der Waals surface area contributed by atoms with Crippen molar-refractivity contribution in [1.29, 1.82) is 0 Å². The molecule has 68 valence electrons. The van der Waals surface area contributed by atoms with Crippen LogP contribution in [0.2, 0.25) is 0 Å². The van der Waals surface area contributed by atoms with Crippen LogP contribution in [0.4, 0.5) is 0 Å². The largest absolute Gasteiger partial charge is 0.0916 e. The summed E-state index contributed by atoms with van der Waals surface area (Å²) in [6.07, 6.45) is 8.26. The minimum absolute atomic E-state index is 0.684. The van der Waals surface area contributed by atoms with Crippen LogP contribution in [-0.2, 0) is 0 Å². The Bertz CT molecular complexity index is 74.0. The first-order valence-corrected chi connectivity index (χ1v) is 6.55. The molecule has 0 radical (unpaired) electrons. The summed E-state index contributed by atoms with van der Waals surface area (Å²) in [5.74, 6) is 0. The van der Waals surface area contributed by atoms with Crippen LogP contribution in [0.15, 0.2) is 0 Å². The summed E-state index contributed by atoms with van der Waals surface area (Å²) >= 11 is 7.05. The minimum Gasteiger partial charge on any atom is -0.0916 e. The van der Waals surface area contributed by atoms with E-state index in [1.165, 1.54) is 38.5 Å². The predicted octanol–water partition coefficient (Wildman–Crippen LogP) is 4.51. The first kappa shape index (κ1) is 12.0. The smallest absolute Gasteiger partial charge is 0.0242 e. The van der Waals surface area contributed by atoms with Gasteiger partial charge in [-0.3, -0.25) is 0 Å². The van der Waals surface area contributed by atoms with Crippen molar-refractivity contribution in [3.05, 3.63) is 0 Å². The van der Waals surface area contributed by atoms with Gasteiger partial charge in [0, 0.05) is 10.2 Å². The average Bonchev–Trinajstić information content (AvgIpc) is 2.04. The Kier molecular flexibility index (Phi) is 9.84. The van der Waals surface area contributed by atoms with Gasteiger partial charge in [-0.2, -0.15) is 0 Å². The van der Waals surface area contributed by atoms with E-state index in [9.17, 15) is 0 Å². The molecule has 0 saturated carbocycles. The molecular formula is C9H18Br2. The summed E-state index contributed by atoms with van der Waals surface area (Å²) in [5, 5.41) is 1.08.